The molecule has 2 aliphatic rings. The molecule has 7 heteroatoms. The number of carbonyl (C=O) groups excluding carboxylic acids is 2. The van der Waals surface area contributed by atoms with Crippen LogP contribution in [0.25, 0.3) is 0 Å². The molecular formula is C20H27ClFN3O2. The van der Waals surface area contributed by atoms with Crippen molar-refractivity contribution < 1.29 is 14.0 Å². The maximum absolute atomic E-state index is 13.2. The molecule has 1 aromatic carbocycles. The van der Waals surface area contributed by atoms with Gasteiger partial charge in [-0.3, -0.25) is 14.5 Å². The van der Waals surface area contributed by atoms with Crippen molar-refractivity contribution in [3.8, 4) is 0 Å². The number of amides is 2. The summed E-state index contributed by atoms with van der Waals surface area (Å²) in [6.07, 6.45) is 5.00. The highest BCUT2D eigenvalue weighted by Gasteiger charge is 2.32. The lowest BCUT2D eigenvalue weighted by Gasteiger charge is -2.37. The molecule has 0 radical (unpaired) electrons. The molecule has 148 valence electrons. The number of rotatable bonds is 4. The fourth-order valence-corrected chi connectivity index (χ4v) is 4.07. The fraction of sp³-hybridized carbons (Fsp3) is 0.600. The molecule has 0 spiro atoms. The van der Waals surface area contributed by atoms with Gasteiger partial charge in [0.25, 0.3) is 0 Å². The Morgan fingerprint density at radius 2 is 1.81 bits per heavy atom. The number of halogens is 2. The first kappa shape index (κ1) is 20.1. The monoisotopic (exact) mass is 395 g/mol. The van der Waals surface area contributed by atoms with E-state index in [2.05, 4.69) is 10.2 Å². The van der Waals surface area contributed by atoms with Crippen molar-refractivity contribution >= 4 is 29.1 Å². The normalized spacial score (nSPS) is 20.3. The van der Waals surface area contributed by atoms with Gasteiger partial charge < -0.3 is 10.2 Å². The van der Waals surface area contributed by atoms with Gasteiger partial charge in [-0.25, -0.2) is 4.39 Å². The van der Waals surface area contributed by atoms with Gasteiger partial charge in [0.1, 0.15) is 5.82 Å². The molecule has 0 saturated carbocycles. The van der Waals surface area contributed by atoms with Gasteiger partial charge in [-0.15, -0.1) is 0 Å². The SMILES string of the molecule is C[C@@H](C(=O)Nc1ccc(F)c(Cl)c1)N1CCC(C(=O)N2CCCCC2)CC1. The number of carbonyl (C=O) groups is 2. The molecule has 0 aromatic heterocycles. The molecule has 2 amide bonds. The lowest BCUT2D eigenvalue weighted by molar-refractivity contribution is -0.138. The van der Waals surface area contributed by atoms with Gasteiger partial charge in [-0.1, -0.05) is 11.6 Å². The van der Waals surface area contributed by atoms with Crippen LogP contribution in [0.3, 0.4) is 0 Å². The van der Waals surface area contributed by atoms with Crippen LogP contribution in [0.1, 0.15) is 39.0 Å². The van der Waals surface area contributed by atoms with Crippen LogP contribution >= 0.6 is 11.6 Å². The minimum absolute atomic E-state index is 0.0162. The van der Waals surface area contributed by atoms with E-state index in [1.165, 1.54) is 24.6 Å². The number of anilines is 1. The van der Waals surface area contributed by atoms with E-state index in [-0.39, 0.29) is 28.8 Å². The molecule has 3 rings (SSSR count). The second-order valence-electron chi connectivity index (χ2n) is 7.49. The van der Waals surface area contributed by atoms with Crippen molar-refractivity contribution in [1.82, 2.24) is 9.80 Å². The number of piperidine rings is 2. The van der Waals surface area contributed by atoms with Gasteiger partial charge in [0.15, 0.2) is 0 Å². The molecular weight excluding hydrogens is 369 g/mol. The molecule has 1 atom stereocenters. The maximum atomic E-state index is 13.2. The van der Waals surface area contributed by atoms with Gasteiger partial charge in [0.05, 0.1) is 11.1 Å². The fourth-order valence-electron chi connectivity index (χ4n) is 3.89. The third-order valence-corrected chi connectivity index (χ3v) is 5.95. The summed E-state index contributed by atoms with van der Waals surface area (Å²) < 4.78 is 13.2. The average molecular weight is 396 g/mol. The second-order valence-corrected chi connectivity index (χ2v) is 7.90. The molecule has 2 saturated heterocycles. The van der Waals surface area contributed by atoms with E-state index in [0.717, 1.165) is 51.9 Å². The quantitative estimate of drug-likeness (QED) is 0.848. The summed E-state index contributed by atoms with van der Waals surface area (Å²) in [5.41, 5.74) is 0.480. The molecule has 27 heavy (non-hydrogen) atoms. The zero-order chi connectivity index (χ0) is 19.4. The topological polar surface area (TPSA) is 52.7 Å². The number of nitrogens with one attached hydrogen (secondary N) is 1. The van der Waals surface area contributed by atoms with Crippen LogP contribution in [0.4, 0.5) is 10.1 Å². The molecule has 2 aliphatic heterocycles. The largest absolute Gasteiger partial charge is 0.342 e. The van der Waals surface area contributed by atoms with Crippen LogP contribution in [-0.4, -0.2) is 53.8 Å². The average Bonchev–Trinajstić information content (AvgIpc) is 2.70. The summed E-state index contributed by atoms with van der Waals surface area (Å²) >= 11 is 5.76. The minimum Gasteiger partial charge on any atom is -0.342 e. The summed E-state index contributed by atoms with van der Waals surface area (Å²) in [4.78, 5) is 29.3. The highest BCUT2D eigenvalue weighted by molar-refractivity contribution is 6.31. The second kappa shape index (κ2) is 9.02. The predicted molar refractivity (Wildman–Crippen MR) is 104 cm³/mol. The van der Waals surface area contributed by atoms with E-state index in [9.17, 15) is 14.0 Å². The predicted octanol–water partition coefficient (Wildman–Crippen LogP) is 3.53. The zero-order valence-electron chi connectivity index (χ0n) is 15.7. The molecule has 5 nitrogen and oxygen atoms in total. The van der Waals surface area contributed by atoms with Gasteiger partial charge in [-0.2, -0.15) is 0 Å². The Morgan fingerprint density at radius 3 is 2.44 bits per heavy atom. The lowest BCUT2D eigenvalue weighted by Crippen LogP contribution is -2.49. The van der Waals surface area contributed by atoms with Crippen molar-refractivity contribution in [3.63, 3.8) is 0 Å². The van der Waals surface area contributed by atoms with Gasteiger partial charge >= 0.3 is 0 Å². The first-order valence-corrected chi connectivity index (χ1v) is 10.1. The number of hydrogen-bond donors (Lipinski definition) is 1. The highest BCUT2D eigenvalue weighted by Crippen LogP contribution is 2.24. The third-order valence-electron chi connectivity index (χ3n) is 5.66. The Kier molecular flexibility index (Phi) is 6.71. The number of nitrogens with zero attached hydrogens (tertiary/aromatic N) is 2. The van der Waals surface area contributed by atoms with E-state index >= 15 is 0 Å². The van der Waals surface area contributed by atoms with Gasteiger partial charge in [0, 0.05) is 24.7 Å². The molecule has 0 aliphatic carbocycles. The van der Waals surface area contributed by atoms with Crippen molar-refractivity contribution in [1.29, 1.82) is 0 Å². The highest BCUT2D eigenvalue weighted by atomic mass is 35.5. The van der Waals surface area contributed by atoms with Crippen LogP contribution < -0.4 is 5.32 Å². The van der Waals surface area contributed by atoms with Gasteiger partial charge in [-0.05, 0) is 70.3 Å². The van der Waals surface area contributed by atoms with Gasteiger partial charge in [0.2, 0.25) is 11.8 Å². The van der Waals surface area contributed by atoms with Crippen LogP contribution in [0.2, 0.25) is 5.02 Å². The first-order valence-electron chi connectivity index (χ1n) is 9.74. The maximum Gasteiger partial charge on any atom is 0.241 e. The molecule has 1 aromatic rings. The minimum atomic E-state index is -0.511. The Morgan fingerprint density at radius 1 is 1.15 bits per heavy atom. The van der Waals surface area contributed by atoms with E-state index in [0.29, 0.717) is 5.69 Å². The molecule has 2 fully saturated rings. The van der Waals surface area contributed by atoms with Crippen molar-refractivity contribution in [2.24, 2.45) is 5.92 Å². The first-order chi connectivity index (χ1) is 13.0. The lowest BCUT2D eigenvalue weighted by atomic mass is 9.93. The van der Waals surface area contributed by atoms with E-state index in [1.807, 2.05) is 11.8 Å². The standard InChI is InChI=1S/C20H27ClFN3O2/c1-14(19(26)23-16-5-6-18(22)17(21)13-16)24-11-7-15(8-12-24)20(27)25-9-3-2-4-10-25/h5-6,13-15H,2-4,7-12H2,1H3,(H,23,26)/t14-/m0/s1. The van der Waals surface area contributed by atoms with Crippen LogP contribution in [0.15, 0.2) is 18.2 Å². The number of benzene rings is 1. The smallest absolute Gasteiger partial charge is 0.241 e. The molecule has 1 N–H and O–H groups in total. The Labute approximate surface area is 164 Å². The van der Waals surface area contributed by atoms with E-state index in [4.69, 9.17) is 11.6 Å². The van der Waals surface area contributed by atoms with Crippen LogP contribution in [0, 0.1) is 11.7 Å². The summed E-state index contributed by atoms with van der Waals surface area (Å²) in [5, 5.41) is 2.77. The summed E-state index contributed by atoms with van der Waals surface area (Å²) in [6.45, 7) is 5.08. The third kappa shape index (κ3) is 4.99. The van der Waals surface area contributed by atoms with Crippen molar-refractivity contribution in [3.05, 3.63) is 29.0 Å². The molecule has 0 bridgehead atoms. The van der Waals surface area contributed by atoms with Crippen LogP contribution in [0.5, 0.6) is 0 Å². The Bertz CT molecular complexity index is 686. The summed E-state index contributed by atoms with van der Waals surface area (Å²) in [5.74, 6) is -0.306. The van der Waals surface area contributed by atoms with Crippen molar-refractivity contribution in [2.75, 3.05) is 31.5 Å². The van der Waals surface area contributed by atoms with E-state index in [1.54, 1.807) is 0 Å². The van der Waals surface area contributed by atoms with E-state index < -0.39 is 5.82 Å². The molecule has 2 heterocycles. The van der Waals surface area contributed by atoms with Crippen molar-refractivity contribution in [2.45, 2.75) is 45.1 Å². The number of likely N-dealkylation sites (tertiary alicyclic amines) is 2. The Balaban J connectivity index is 1.50. The van der Waals surface area contributed by atoms with Crippen LogP contribution in [-0.2, 0) is 9.59 Å². The Hall–Kier alpha value is -1.66. The molecule has 0 unspecified atom stereocenters. The summed E-state index contributed by atoms with van der Waals surface area (Å²) in [7, 11) is 0. The zero-order valence-corrected chi connectivity index (χ0v) is 16.5. The number of hydrogen-bond acceptors (Lipinski definition) is 3. The summed E-state index contributed by atoms with van der Waals surface area (Å²) in [6, 6.07) is 3.82.